The van der Waals surface area contributed by atoms with Crippen LogP contribution in [0.5, 0.6) is 0 Å². The molecule has 3 aliphatic rings. The van der Waals surface area contributed by atoms with Crippen LogP contribution in [-0.2, 0) is 0 Å². The summed E-state index contributed by atoms with van der Waals surface area (Å²) in [4.78, 5) is 0. The molecular weight excluding hydrogens is 224 g/mol. The van der Waals surface area contributed by atoms with Crippen LogP contribution in [0.1, 0.15) is 71.6 Å². The molecule has 0 saturated heterocycles. The Labute approximate surface area is 111 Å². The van der Waals surface area contributed by atoms with Gasteiger partial charge in [0.2, 0.25) is 0 Å². The maximum atomic E-state index is 11.4. The molecule has 18 heavy (non-hydrogen) atoms. The second-order valence-electron chi connectivity index (χ2n) is 7.63. The summed E-state index contributed by atoms with van der Waals surface area (Å²) in [7, 11) is 0. The fourth-order valence-electron chi connectivity index (χ4n) is 5.71. The van der Waals surface area contributed by atoms with Crippen LogP contribution in [0.2, 0.25) is 0 Å². The van der Waals surface area contributed by atoms with Crippen molar-refractivity contribution in [3.8, 4) is 0 Å². The summed E-state index contributed by atoms with van der Waals surface area (Å²) >= 11 is 0. The standard InChI is InChI=1S/C16H28O2/c1-14(2,17)15-9-5-6-10-16(15,18)13-8-4-3-7-12(13)11-15/h12-13,17-18H,3-11H2,1-2H3. The van der Waals surface area contributed by atoms with E-state index in [1.807, 2.05) is 13.8 Å². The van der Waals surface area contributed by atoms with E-state index in [9.17, 15) is 10.2 Å². The smallest absolute Gasteiger partial charge is 0.0761 e. The molecule has 2 N–H and O–H groups in total. The number of rotatable bonds is 1. The maximum absolute atomic E-state index is 11.4. The fourth-order valence-corrected chi connectivity index (χ4v) is 5.71. The predicted octanol–water partition coefficient (Wildman–Crippen LogP) is 3.26. The molecule has 2 nitrogen and oxygen atoms in total. The molecule has 0 aromatic heterocycles. The van der Waals surface area contributed by atoms with Gasteiger partial charge in [-0.3, -0.25) is 0 Å². The lowest BCUT2D eigenvalue weighted by Crippen LogP contribution is -2.60. The molecule has 4 atom stereocenters. The Morgan fingerprint density at radius 1 is 1.00 bits per heavy atom. The van der Waals surface area contributed by atoms with E-state index in [1.165, 1.54) is 32.1 Å². The molecule has 3 aliphatic carbocycles. The number of hydrogen-bond donors (Lipinski definition) is 2. The molecule has 3 rings (SSSR count). The predicted molar refractivity (Wildman–Crippen MR) is 72.2 cm³/mol. The quantitative estimate of drug-likeness (QED) is 0.752. The first-order valence-electron chi connectivity index (χ1n) is 7.85. The molecule has 4 unspecified atom stereocenters. The average molecular weight is 252 g/mol. The Hall–Kier alpha value is -0.0800. The normalized spacial score (nSPS) is 48.7. The highest BCUT2D eigenvalue weighted by Gasteiger charge is 2.68. The Bertz CT molecular complexity index is 332. The third-order valence-corrected chi connectivity index (χ3v) is 6.54. The Morgan fingerprint density at radius 3 is 2.39 bits per heavy atom. The number of fused-ring (bicyclic) bond motifs is 3. The van der Waals surface area contributed by atoms with E-state index < -0.39 is 11.2 Å². The highest BCUT2D eigenvalue weighted by atomic mass is 16.3. The van der Waals surface area contributed by atoms with Gasteiger partial charge in [0.05, 0.1) is 11.2 Å². The molecule has 0 aliphatic heterocycles. The van der Waals surface area contributed by atoms with Gasteiger partial charge >= 0.3 is 0 Å². The van der Waals surface area contributed by atoms with Gasteiger partial charge in [-0.1, -0.05) is 32.1 Å². The first kappa shape index (κ1) is 12.9. The SMILES string of the molecule is CC(C)(O)C12CCCCC1(O)C1CCCCC1C2. The van der Waals surface area contributed by atoms with Gasteiger partial charge in [-0.25, -0.2) is 0 Å². The summed E-state index contributed by atoms with van der Waals surface area (Å²) < 4.78 is 0. The molecule has 2 heteroatoms. The number of aliphatic hydroxyl groups is 2. The van der Waals surface area contributed by atoms with E-state index >= 15 is 0 Å². The Kier molecular flexibility index (Phi) is 2.84. The van der Waals surface area contributed by atoms with E-state index in [1.54, 1.807) is 0 Å². The van der Waals surface area contributed by atoms with Gasteiger partial charge < -0.3 is 10.2 Å². The summed E-state index contributed by atoms with van der Waals surface area (Å²) in [6.07, 6.45) is 10.3. The summed E-state index contributed by atoms with van der Waals surface area (Å²) in [5.74, 6) is 1.12. The van der Waals surface area contributed by atoms with Gasteiger partial charge in [0, 0.05) is 5.41 Å². The summed E-state index contributed by atoms with van der Waals surface area (Å²) in [6.45, 7) is 3.86. The number of hydrogen-bond acceptors (Lipinski definition) is 2. The molecule has 0 aromatic carbocycles. The lowest BCUT2D eigenvalue weighted by molar-refractivity contribution is -0.201. The zero-order valence-electron chi connectivity index (χ0n) is 11.9. The van der Waals surface area contributed by atoms with Crippen molar-refractivity contribution >= 4 is 0 Å². The molecule has 0 amide bonds. The van der Waals surface area contributed by atoms with Crippen LogP contribution in [0.4, 0.5) is 0 Å². The topological polar surface area (TPSA) is 40.5 Å². The van der Waals surface area contributed by atoms with E-state index in [2.05, 4.69) is 0 Å². The fraction of sp³-hybridized carbons (Fsp3) is 1.00. The van der Waals surface area contributed by atoms with Crippen molar-refractivity contribution in [2.75, 3.05) is 0 Å². The monoisotopic (exact) mass is 252 g/mol. The molecular formula is C16H28O2. The van der Waals surface area contributed by atoms with Crippen molar-refractivity contribution in [3.05, 3.63) is 0 Å². The first-order valence-corrected chi connectivity index (χ1v) is 7.85. The van der Waals surface area contributed by atoms with Crippen molar-refractivity contribution in [2.45, 2.75) is 82.8 Å². The average Bonchev–Trinajstić information content (AvgIpc) is 2.59. The van der Waals surface area contributed by atoms with Crippen molar-refractivity contribution in [2.24, 2.45) is 17.3 Å². The maximum Gasteiger partial charge on any atom is 0.0761 e. The second-order valence-corrected chi connectivity index (χ2v) is 7.63. The molecule has 0 aromatic rings. The molecule has 0 radical (unpaired) electrons. The first-order chi connectivity index (χ1) is 8.41. The van der Waals surface area contributed by atoms with E-state index in [4.69, 9.17) is 0 Å². The van der Waals surface area contributed by atoms with Crippen molar-refractivity contribution in [3.63, 3.8) is 0 Å². The molecule has 0 heterocycles. The van der Waals surface area contributed by atoms with Crippen LogP contribution < -0.4 is 0 Å². The van der Waals surface area contributed by atoms with E-state index in [-0.39, 0.29) is 5.41 Å². The lowest BCUT2D eigenvalue weighted by atomic mass is 9.55. The summed E-state index contributed by atoms with van der Waals surface area (Å²) in [5, 5.41) is 22.2. The van der Waals surface area contributed by atoms with Gasteiger partial charge in [0.1, 0.15) is 0 Å². The van der Waals surface area contributed by atoms with Crippen LogP contribution in [0.15, 0.2) is 0 Å². The summed E-state index contributed by atoms with van der Waals surface area (Å²) in [6, 6.07) is 0. The minimum atomic E-state index is -0.750. The van der Waals surface area contributed by atoms with Crippen LogP contribution >= 0.6 is 0 Å². The van der Waals surface area contributed by atoms with Crippen molar-refractivity contribution < 1.29 is 10.2 Å². The zero-order chi connectivity index (χ0) is 13.0. The Balaban J connectivity index is 2.04. The van der Waals surface area contributed by atoms with E-state index in [0.717, 1.165) is 25.7 Å². The highest BCUT2D eigenvalue weighted by Crippen LogP contribution is 2.66. The van der Waals surface area contributed by atoms with E-state index in [0.29, 0.717) is 11.8 Å². The van der Waals surface area contributed by atoms with Crippen molar-refractivity contribution in [1.82, 2.24) is 0 Å². The molecule has 0 bridgehead atoms. The van der Waals surface area contributed by atoms with Gasteiger partial charge in [-0.15, -0.1) is 0 Å². The summed E-state index contributed by atoms with van der Waals surface area (Å²) in [5.41, 5.74) is -1.58. The van der Waals surface area contributed by atoms with Crippen LogP contribution in [-0.4, -0.2) is 21.4 Å². The van der Waals surface area contributed by atoms with Gasteiger partial charge in [-0.2, -0.15) is 0 Å². The molecule has 3 saturated carbocycles. The minimum Gasteiger partial charge on any atom is -0.390 e. The minimum absolute atomic E-state index is 0.238. The zero-order valence-corrected chi connectivity index (χ0v) is 11.9. The van der Waals surface area contributed by atoms with Gasteiger partial charge in [0.25, 0.3) is 0 Å². The largest absolute Gasteiger partial charge is 0.390 e. The molecule has 0 spiro atoms. The van der Waals surface area contributed by atoms with Crippen LogP contribution in [0.25, 0.3) is 0 Å². The third kappa shape index (κ3) is 1.48. The van der Waals surface area contributed by atoms with Crippen molar-refractivity contribution in [1.29, 1.82) is 0 Å². The molecule has 104 valence electrons. The third-order valence-electron chi connectivity index (χ3n) is 6.54. The van der Waals surface area contributed by atoms with Gasteiger partial charge in [0.15, 0.2) is 0 Å². The Morgan fingerprint density at radius 2 is 1.67 bits per heavy atom. The molecule has 3 fully saturated rings. The lowest BCUT2D eigenvalue weighted by Gasteiger charge is -2.54. The van der Waals surface area contributed by atoms with Gasteiger partial charge in [-0.05, 0) is 51.4 Å². The highest BCUT2D eigenvalue weighted by molar-refractivity contribution is 5.18. The van der Waals surface area contributed by atoms with Crippen LogP contribution in [0.3, 0.4) is 0 Å². The second kappa shape index (κ2) is 3.96. The van der Waals surface area contributed by atoms with Crippen LogP contribution in [0, 0.1) is 17.3 Å².